The van der Waals surface area contributed by atoms with Crippen LogP contribution in [0.1, 0.15) is 37.9 Å². The molecule has 0 aliphatic heterocycles. The number of hydrogen-bond acceptors (Lipinski definition) is 2. The van der Waals surface area contributed by atoms with Gasteiger partial charge in [0.25, 0.3) is 0 Å². The molecule has 0 fully saturated rings. The van der Waals surface area contributed by atoms with Crippen molar-refractivity contribution in [3.63, 3.8) is 0 Å². The van der Waals surface area contributed by atoms with Gasteiger partial charge in [0, 0.05) is 43.3 Å². The van der Waals surface area contributed by atoms with Crippen molar-refractivity contribution in [1.29, 1.82) is 0 Å². The van der Waals surface area contributed by atoms with Crippen LogP contribution in [0.3, 0.4) is 0 Å². The van der Waals surface area contributed by atoms with Crippen molar-refractivity contribution >= 4 is 10.9 Å². The third kappa shape index (κ3) is 3.66. The van der Waals surface area contributed by atoms with Gasteiger partial charge in [-0.3, -0.25) is 0 Å². The van der Waals surface area contributed by atoms with Gasteiger partial charge in [0.1, 0.15) is 0 Å². The van der Waals surface area contributed by atoms with Gasteiger partial charge in [0.15, 0.2) is 0 Å². The molecule has 3 nitrogen and oxygen atoms in total. The Kier molecular flexibility index (Phi) is 5.07. The zero-order chi connectivity index (χ0) is 15.5. The first kappa shape index (κ1) is 16.1. The van der Waals surface area contributed by atoms with Crippen molar-refractivity contribution in [2.24, 2.45) is 12.5 Å². The number of aliphatic hydroxyl groups is 1. The van der Waals surface area contributed by atoms with Crippen molar-refractivity contribution in [3.05, 3.63) is 35.5 Å². The summed E-state index contributed by atoms with van der Waals surface area (Å²) in [6.45, 7) is 8.85. The molecule has 1 aromatic carbocycles. The lowest BCUT2D eigenvalue weighted by Gasteiger charge is -2.25. The Labute approximate surface area is 128 Å². The third-order valence-corrected chi connectivity index (χ3v) is 4.41. The van der Waals surface area contributed by atoms with Gasteiger partial charge in [-0.25, -0.2) is 0 Å². The fourth-order valence-corrected chi connectivity index (χ4v) is 3.05. The molecule has 0 aliphatic rings. The van der Waals surface area contributed by atoms with Crippen LogP contribution in [-0.4, -0.2) is 22.8 Å². The van der Waals surface area contributed by atoms with Crippen LogP contribution in [0, 0.1) is 12.3 Å². The Bertz CT molecular complexity index is 560. The first-order valence-corrected chi connectivity index (χ1v) is 7.81. The Morgan fingerprint density at radius 2 is 1.95 bits per heavy atom. The van der Waals surface area contributed by atoms with Crippen LogP contribution in [0.2, 0.25) is 0 Å². The number of fused-ring (bicyclic) bond motifs is 1. The Balaban J connectivity index is 2.04. The summed E-state index contributed by atoms with van der Waals surface area (Å²) in [6.07, 6.45) is 1.92. The highest BCUT2D eigenvalue weighted by molar-refractivity contribution is 5.85. The van der Waals surface area contributed by atoms with E-state index in [0.29, 0.717) is 0 Å². The molecule has 2 rings (SSSR count). The number of aromatic nitrogens is 1. The van der Waals surface area contributed by atoms with Crippen molar-refractivity contribution in [2.75, 3.05) is 13.2 Å². The van der Waals surface area contributed by atoms with Crippen LogP contribution in [0.25, 0.3) is 10.9 Å². The summed E-state index contributed by atoms with van der Waals surface area (Å²) in [7, 11) is 2.14. The number of para-hydroxylation sites is 1. The molecule has 0 saturated carbocycles. The predicted octanol–water partition coefficient (Wildman–Crippen LogP) is 3.38. The third-order valence-electron chi connectivity index (χ3n) is 4.41. The largest absolute Gasteiger partial charge is 0.396 e. The van der Waals surface area contributed by atoms with E-state index in [2.05, 4.69) is 62.0 Å². The molecule has 0 spiro atoms. The lowest BCUT2D eigenvalue weighted by molar-refractivity contribution is 0.236. The predicted molar refractivity (Wildman–Crippen MR) is 89.5 cm³/mol. The molecular formula is C18H28N2O. The number of benzene rings is 1. The number of nitrogens with zero attached hydrogens (tertiary/aromatic N) is 1. The molecule has 0 saturated heterocycles. The average Bonchev–Trinajstić information content (AvgIpc) is 2.71. The van der Waals surface area contributed by atoms with Gasteiger partial charge in [-0.15, -0.1) is 0 Å². The molecule has 2 aromatic rings. The van der Waals surface area contributed by atoms with Crippen molar-refractivity contribution in [2.45, 2.75) is 40.2 Å². The molecule has 1 aromatic heterocycles. The maximum atomic E-state index is 8.96. The van der Waals surface area contributed by atoms with Gasteiger partial charge in [-0.05, 0) is 36.8 Å². The van der Waals surface area contributed by atoms with Gasteiger partial charge in [0.05, 0.1) is 0 Å². The summed E-state index contributed by atoms with van der Waals surface area (Å²) in [5, 5.41) is 13.9. The van der Waals surface area contributed by atoms with Gasteiger partial charge in [-0.2, -0.15) is 0 Å². The van der Waals surface area contributed by atoms with Crippen LogP contribution in [0.5, 0.6) is 0 Å². The molecule has 1 heterocycles. The molecule has 0 aliphatic carbocycles. The van der Waals surface area contributed by atoms with E-state index in [0.717, 1.165) is 25.9 Å². The summed E-state index contributed by atoms with van der Waals surface area (Å²) in [4.78, 5) is 0. The number of aryl methyl sites for hydroxylation is 2. The Morgan fingerprint density at radius 1 is 1.24 bits per heavy atom. The van der Waals surface area contributed by atoms with Crippen LogP contribution >= 0.6 is 0 Å². The first-order valence-electron chi connectivity index (χ1n) is 7.81. The monoisotopic (exact) mass is 288 g/mol. The molecule has 0 radical (unpaired) electrons. The van der Waals surface area contributed by atoms with E-state index in [9.17, 15) is 0 Å². The van der Waals surface area contributed by atoms with Gasteiger partial charge < -0.3 is 15.0 Å². The standard InChI is InChI=1S/C18H28N2O/c1-14-15-8-5-6-9-16(15)20(4)17(14)12-19-13-18(2,3)10-7-11-21/h5-6,8-9,19,21H,7,10-13H2,1-4H3. The van der Waals surface area contributed by atoms with Crippen molar-refractivity contribution in [3.8, 4) is 0 Å². The fraction of sp³-hybridized carbons (Fsp3) is 0.556. The molecule has 0 atom stereocenters. The summed E-state index contributed by atoms with van der Waals surface area (Å²) in [5.74, 6) is 0. The smallest absolute Gasteiger partial charge is 0.0483 e. The quantitative estimate of drug-likeness (QED) is 0.819. The maximum Gasteiger partial charge on any atom is 0.0483 e. The minimum Gasteiger partial charge on any atom is -0.396 e. The van der Waals surface area contributed by atoms with Crippen molar-refractivity contribution < 1.29 is 5.11 Å². The second-order valence-electron chi connectivity index (χ2n) is 6.74. The summed E-state index contributed by atoms with van der Waals surface area (Å²) >= 11 is 0. The molecule has 21 heavy (non-hydrogen) atoms. The fourth-order valence-electron chi connectivity index (χ4n) is 3.05. The number of nitrogens with one attached hydrogen (secondary N) is 1. The Hall–Kier alpha value is -1.32. The van der Waals surface area contributed by atoms with E-state index in [1.165, 1.54) is 22.2 Å². The maximum absolute atomic E-state index is 8.96. The molecule has 0 amide bonds. The highest BCUT2D eigenvalue weighted by atomic mass is 16.2. The van der Waals surface area contributed by atoms with E-state index in [-0.39, 0.29) is 12.0 Å². The second kappa shape index (κ2) is 6.63. The van der Waals surface area contributed by atoms with Crippen molar-refractivity contribution in [1.82, 2.24) is 9.88 Å². The van der Waals surface area contributed by atoms with Crippen LogP contribution in [0.15, 0.2) is 24.3 Å². The normalized spacial score (nSPS) is 12.2. The van der Waals surface area contributed by atoms with Gasteiger partial charge >= 0.3 is 0 Å². The number of aliphatic hydroxyl groups excluding tert-OH is 1. The second-order valence-corrected chi connectivity index (χ2v) is 6.74. The molecular weight excluding hydrogens is 260 g/mol. The minimum atomic E-state index is 0.223. The van der Waals surface area contributed by atoms with E-state index < -0.39 is 0 Å². The summed E-state index contributed by atoms with van der Waals surface area (Å²) in [5.41, 5.74) is 4.25. The van der Waals surface area contributed by atoms with E-state index in [1.54, 1.807) is 0 Å². The topological polar surface area (TPSA) is 37.2 Å². The SMILES string of the molecule is Cc1c(CNCC(C)(C)CCCO)n(C)c2ccccc12. The number of hydrogen-bond donors (Lipinski definition) is 2. The highest BCUT2D eigenvalue weighted by Crippen LogP contribution is 2.25. The summed E-state index contributed by atoms with van der Waals surface area (Å²) in [6, 6.07) is 8.57. The highest BCUT2D eigenvalue weighted by Gasteiger charge is 2.17. The Morgan fingerprint density at radius 3 is 2.62 bits per heavy atom. The molecule has 3 heteroatoms. The molecule has 0 bridgehead atoms. The first-order chi connectivity index (χ1) is 9.96. The van der Waals surface area contributed by atoms with E-state index in [4.69, 9.17) is 5.11 Å². The van der Waals surface area contributed by atoms with Gasteiger partial charge in [0.2, 0.25) is 0 Å². The molecule has 2 N–H and O–H groups in total. The van der Waals surface area contributed by atoms with Crippen LogP contribution < -0.4 is 5.32 Å². The van der Waals surface area contributed by atoms with E-state index >= 15 is 0 Å². The zero-order valence-corrected chi connectivity index (χ0v) is 13.7. The van der Waals surface area contributed by atoms with E-state index in [1.807, 2.05) is 0 Å². The average molecular weight is 288 g/mol. The lowest BCUT2D eigenvalue weighted by atomic mass is 9.88. The number of rotatable bonds is 7. The molecule has 0 unspecified atom stereocenters. The van der Waals surface area contributed by atoms with Gasteiger partial charge in [-0.1, -0.05) is 32.0 Å². The van der Waals surface area contributed by atoms with Crippen LogP contribution in [-0.2, 0) is 13.6 Å². The summed E-state index contributed by atoms with van der Waals surface area (Å²) < 4.78 is 2.29. The minimum absolute atomic E-state index is 0.223. The zero-order valence-electron chi connectivity index (χ0n) is 13.7. The molecule has 116 valence electrons. The van der Waals surface area contributed by atoms with Crippen LogP contribution in [0.4, 0.5) is 0 Å². The lowest BCUT2D eigenvalue weighted by Crippen LogP contribution is -2.30.